The van der Waals surface area contributed by atoms with E-state index in [9.17, 15) is 4.79 Å². The number of pyridine rings is 1. The minimum atomic E-state index is -0.487. The van der Waals surface area contributed by atoms with Gasteiger partial charge in [-0.1, -0.05) is 48.0 Å². The third-order valence-electron chi connectivity index (χ3n) is 3.31. The van der Waals surface area contributed by atoms with E-state index in [-0.39, 0.29) is 5.56 Å². The van der Waals surface area contributed by atoms with Crippen LogP contribution in [0, 0.1) is 0 Å². The molecule has 0 aliphatic carbocycles. The van der Waals surface area contributed by atoms with Gasteiger partial charge in [-0.25, -0.2) is 4.79 Å². The van der Waals surface area contributed by atoms with Crippen molar-refractivity contribution in [2.24, 2.45) is 0 Å². The Labute approximate surface area is 127 Å². The largest absolute Gasteiger partial charge is 0.465 e. The van der Waals surface area contributed by atoms with Crippen LogP contribution < -0.4 is 0 Å². The number of aromatic nitrogens is 1. The molecule has 1 aromatic heterocycles. The first-order chi connectivity index (χ1) is 10.2. The minimum absolute atomic E-state index is 0.275. The third kappa shape index (κ3) is 2.48. The average Bonchev–Trinajstić information content (AvgIpc) is 2.55. The van der Waals surface area contributed by atoms with Crippen LogP contribution in [0.3, 0.4) is 0 Å². The zero-order valence-corrected chi connectivity index (χ0v) is 12.1. The SMILES string of the molecule is COC(=O)c1cnc2ccc(-c3ccccc3)cc2c1Cl. The van der Waals surface area contributed by atoms with Crippen LogP contribution in [-0.4, -0.2) is 18.1 Å². The van der Waals surface area contributed by atoms with Crippen LogP contribution >= 0.6 is 11.6 Å². The molecule has 21 heavy (non-hydrogen) atoms. The molecule has 0 amide bonds. The van der Waals surface area contributed by atoms with E-state index in [1.165, 1.54) is 13.3 Å². The molecular weight excluding hydrogens is 286 g/mol. The molecule has 3 rings (SSSR count). The first-order valence-electron chi connectivity index (χ1n) is 6.42. The lowest BCUT2D eigenvalue weighted by atomic mass is 10.0. The van der Waals surface area contributed by atoms with Crippen molar-refractivity contribution in [3.8, 4) is 11.1 Å². The van der Waals surface area contributed by atoms with Gasteiger partial charge in [0.2, 0.25) is 0 Å². The van der Waals surface area contributed by atoms with Crippen molar-refractivity contribution in [3.05, 3.63) is 65.3 Å². The molecule has 0 aliphatic heterocycles. The lowest BCUT2D eigenvalue weighted by molar-refractivity contribution is 0.0600. The monoisotopic (exact) mass is 297 g/mol. The second-order valence-corrected chi connectivity index (χ2v) is 4.95. The summed E-state index contributed by atoms with van der Waals surface area (Å²) >= 11 is 6.33. The minimum Gasteiger partial charge on any atom is -0.465 e. The third-order valence-corrected chi connectivity index (χ3v) is 3.72. The Hall–Kier alpha value is -2.39. The zero-order chi connectivity index (χ0) is 14.8. The van der Waals surface area contributed by atoms with E-state index in [1.54, 1.807) is 0 Å². The number of carbonyl (C=O) groups is 1. The highest BCUT2D eigenvalue weighted by atomic mass is 35.5. The lowest BCUT2D eigenvalue weighted by Gasteiger charge is -2.08. The quantitative estimate of drug-likeness (QED) is 0.660. The molecule has 1 heterocycles. The van der Waals surface area contributed by atoms with Crippen LogP contribution in [0.2, 0.25) is 5.02 Å². The Bertz CT molecular complexity index is 816. The molecule has 0 N–H and O–H groups in total. The number of methoxy groups -OCH3 is 1. The fourth-order valence-corrected chi connectivity index (χ4v) is 2.50. The molecule has 3 nitrogen and oxygen atoms in total. The molecule has 0 saturated heterocycles. The number of ether oxygens (including phenoxy) is 1. The molecule has 104 valence electrons. The smallest absolute Gasteiger partial charge is 0.340 e. The lowest BCUT2D eigenvalue weighted by Crippen LogP contribution is -2.03. The van der Waals surface area contributed by atoms with Crippen LogP contribution in [0.1, 0.15) is 10.4 Å². The van der Waals surface area contributed by atoms with E-state index in [0.29, 0.717) is 5.02 Å². The highest BCUT2D eigenvalue weighted by Crippen LogP contribution is 2.30. The van der Waals surface area contributed by atoms with Crippen molar-refractivity contribution in [2.75, 3.05) is 7.11 Å². The van der Waals surface area contributed by atoms with Crippen LogP contribution in [-0.2, 0) is 4.74 Å². The summed E-state index contributed by atoms with van der Waals surface area (Å²) in [6.45, 7) is 0. The van der Waals surface area contributed by atoms with Gasteiger partial charge in [0.25, 0.3) is 0 Å². The van der Waals surface area contributed by atoms with Gasteiger partial charge in [0.1, 0.15) is 0 Å². The van der Waals surface area contributed by atoms with E-state index in [4.69, 9.17) is 16.3 Å². The molecule has 0 radical (unpaired) electrons. The molecule has 0 saturated carbocycles. The predicted octanol–water partition coefficient (Wildman–Crippen LogP) is 4.34. The predicted molar refractivity (Wildman–Crippen MR) is 83.5 cm³/mol. The van der Waals surface area contributed by atoms with Crippen LogP contribution in [0.15, 0.2) is 54.7 Å². The Balaban J connectivity index is 2.20. The molecule has 0 spiro atoms. The van der Waals surface area contributed by atoms with Crippen molar-refractivity contribution in [1.82, 2.24) is 4.98 Å². The Morgan fingerprint density at radius 1 is 1.10 bits per heavy atom. The molecule has 4 heteroatoms. The van der Waals surface area contributed by atoms with Gasteiger partial charge in [-0.05, 0) is 23.3 Å². The number of benzene rings is 2. The number of carbonyl (C=O) groups excluding carboxylic acids is 1. The average molecular weight is 298 g/mol. The van der Waals surface area contributed by atoms with Gasteiger partial charge in [0.15, 0.2) is 0 Å². The van der Waals surface area contributed by atoms with Gasteiger partial charge < -0.3 is 4.74 Å². The van der Waals surface area contributed by atoms with E-state index in [0.717, 1.165) is 22.0 Å². The van der Waals surface area contributed by atoms with Crippen molar-refractivity contribution >= 4 is 28.5 Å². The fourth-order valence-electron chi connectivity index (χ4n) is 2.22. The summed E-state index contributed by atoms with van der Waals surface area (Å²) in [6.07, 6.45) is 1.44. The summed E-state index contributed by atoms with van der Waals surface area (Å²) in [4.78, 5) is 15.9. The number of esters is 1. The normalized spacial score (nSPS) is 10.6. The molecule has 0 unspecified atom stereocenters. The molecule has 3 aromatic rings. The number of hydrogen-bond donors (Lipinski definition) is 0. The summed E-state index contributed by atoms with van der Waals surface area (Å²) in [6, 6.07) is 15.8. The highest BCUT2D eigenvalue weighted by Gasteiger charge is 2.14. The molecule has 0 aliphatic rings. The van der Waals surface area contributed by atoms with E-state index < -0.39 is 5.97 Å². The van der Waals surface area contributed by atoms with Crippen molar-refractivity contribution < 1.29 is 9.53 Å². The van der Waals surface area contributed by atoms with Crippen LogP contribution in [0.5, 0.6) is 0 Å². The van der Waals surface area contributed by atoms with Gasteiger partial charge in [-0.2, -0.15) is 0 Å². The topological polar surface area (TPSA) is 39.2 Å². The summed E-state index contributed by atoms with van der Waals surface area (Å²) in [5, 5.41) is 1.10. The van der Waals surface area contributed by atoms with E-state index in [1.807, 2.05) is 48.5 Å². The summed E-state index contributed by atoms with van der Waals surface area (Å²) in [5.41, 5.74) is 3.12. The summed E-state index contributed by atoms with van der Waals surface area (Å²) in [5.74, 6) is -0.487. The maximum absolute atomic E-state index is 11.7. The summed E-state index contributed by atoms with van der Waals surface area (Å²) in [7, 11) is 1.32. The Kier molecular flexibility index (Phi) is 3.59. The zero-order valence-electron chi connectivity index (χ0n) is 11.3. The Morgan fingerprint density at radius 3 is 2.57 bits per heavy atom. The maximum atomic E-state index is 11.7. The summed E-state index contributed by atoms with van der Waals surface area (Å²) < 4.78 is 4.72. The van der Waals surface area contributed by atoms with E-state index >= 15 is 0 Å². The maximum Gasteiger partial charge on any atom is 0.340 e. The van der Waals surface area contributed by atoms with Gasteiger partial charge in [0, 0.05) is 11.6 Å². The van der Waals surface area contributed by atoms with Crippen molar-refractivity contribution in [3.63, 3.8) is 0 Å². The molecular formula is C17H12ClNO2. The number of rotatable bonds is 2. The van der Waals surface area contributed by atoms with Gasteiger partial charge in [-0.15, -0.1) is 0 Å². The Morgan fingerprint density at radius 2 is 1.86 bits per heavy atom. The van der Waals surface area contributed by atoms with Crippen LogP contribution in [0.4, 0.5) is 0 Å². The van der Waals surface area contributed by atoms with Crippen molar-refractivity contribution in [1.29, 1.82) is 0 Å². The second kappa shape index (κ2) is 5.54. The molecule has 2 aromatic carbocycles. The number of halogens is 1. The number of fused-ring (bicyclic) bond motifs is 1. The van der Waals surface area contributed by atoms with Crippen LogP contribution in [0.25, 0.3) is 22.0 Å². The fraction of sp³-hybridized carbons (Fsp3) is 0.0588. The second-order valence-electron chi connectivity index (χ2n) is 4.58. The molecule has 0 atom stereocenters. The van der Waals surface area contributed by atoms with Gasteiger partial charge in [-0.3, -0.25) is 4.98 Å². The first kappa shape index (κ1) is 13.6. The standard InChI is InChI=1S/C17H12ClNO2/c1-21-17(20)14-10-19-15-8-7-12(9-13(15)16(14)18)11-5-3-2-4-6-11/h2-10H,1H3. The number of nitrogens with zero attached hydrogens (tertiary/aromatic N) is 1. The molecule has 0 bridgehead atoms. The van der Waals surface area contributed by atoms with E-state index in [2.05, 4.69) is 4.98 Å². The van der Waals surface area contributed by atoms with Gasteiger partial charge in [0.05, 0.1) is 23.2 Å². The molecule has 0 fully saturated rings. The number of hydrogen-bond acceptors (Lipinski definition) is 3. The highest BCUT2D eigenvalue weighted by molar-refractivity contribution is 6.38. The van der Waals surface area contributed by atoms with Gasteiger partial charge >= 0.3 is 5.97 Å². The van der Waals surface area contributed by atoms with Crippen molar-refractivity contribution in [2.45, 2.75) is 0 Å². The first-order valence-corrected chi connectivity index (χ1v) is 6.80.